The monoisotopic (exact) mass is 520 g/mol. The van der Waals surface area contributed by atoms with Crippen LogP contribution < -0.4 is 4.74 Å². The number of rotatable bonds is 27. The third kappa shape index (κ3) is 17.5. The average Bonchev–Trinajstić information content (AvgIpc) is 2.90. The van der Waals surface area contributed by atoms with Crippen LogP contribution in [0.15, 0.2) is 30.3 Å². The second-order valence-electron chi connectivity index (χ2n) is 10.3. The summed E-state index contributed by atoms with van der Waals surface area (Å²) in [6.45, 7) is 5.29. The van der Waals surface area contributed by atoms with Crippen LogP contribution in [0.25, 0.3) is 0 Å². The highest BCUT2D eigenvalue weighted by Crippen LogP contribution is 2.26. The fourth-order valence-corrected chi connectivity index (χ4v) is 4.71. The molecular formula is C32H56O5. The molecule has 1 rings (SSSR count). The molecule has 0 saturated carbocycles. The van der Waals surface area contributed by atoms with E-state index in [1.54, 1.807) is 12.1 Å². The zero-order valence-corrected chi connectivity index (χ0v) is 24.0. The highest BCUT2D eigenvalue weighted by molar-refractivity contribution is 5.76. The molecule has 1 aromatic carbocycles. The Morgan fingerprint density at radius 2 is 1.14 bits per heavy atom. The smallest absolute Gasteiger partial charge is 0.377 e. The van der Waals surface area contributed by atoms with E-state index in [-0.39, 0.29) is 6.61 Å². The molecule has 0 bridgehead atoms. The fraction of sp³-hybridized carbons (Fsp3) is 0.781. The number of para-hydroxylation sites is 1. The fourth-order valence-electron chi connectivity index (χ4n) is 4.71. The Kier molecular flexibility index (Phi) is 21.3. The standard InChI is InChI=1S/C32H56O5/c1-3-5-6-7-8-9-10-11-12-13-14-15-16-17-18-19-20-24-27-32(31(33)34,36-29-28-35-4-2)37-30-25-22-21-23-26-30/h21-23,25-26H,3-20,24,27-29H2,1-2H3,(H,33,34). The molecule has 0 fully saturated rings. The third-order valence-electron chi connectivity index (χ3n) is 6.98. The van der Waals surface area contributed by atoms with Gasteiger partial charge in [-0.1, -0.05) is 134 Å². The minimum absolute atomic E-state index is 0.187. The van der Waals surface area contributed by atoms with E-state index in [1.807, 2.05) is 25.1 Å². The molecule has 0 spiro atoms. The quantitative estimate of drug-likeness (QED) is 0.0924. The molecule has 1 unspecified atom stereocenters. The van der Waals surface area contributed by atoms with Crippen molar-refractivity contribution in [2.45, 2.75) is 142 Å². The van der Waals surface area contributed by atoms with E-state index in [1.165, 1.54) is 96.3 Å². The van der Waals surface area contributed by atoms with E-state index in [0.717, 1.165) is 19.3 Å². The van der Waals surface area contributed by atoms with Gasteiger partial charge in [0.2, 0.25) is 0 Å². The summed E-state index contributed by atoms with van der Waals surface area (Å²) in [6, 6.07) is 9.07. The van der Waals surface area contributed by atoms with Gasteiger partial charge < -0.3 is 19.3 Å². The Labute approximate surface area is 227 Å². The molecule has 214 valence electrons. The lowest BCUT2D eigenvalue weighted by atomic mass is 10.0. The number of aliphatic carboxylic acids is 1. The van der Waals surface area contributed by atoms with Crippen LogP contribution >= 0.6 is 0 Å². The van der Waals surface area contributed by atoms with Crippen molar-refractivity contribution < 1.29 is 24.1 Å². The summed E-state index contributed by atoms with van der Waals surface area (Å²) in [5, 5.41) is 9.99. The van der Waals surface area contributed by atoms with Gasteiger partial charge in [0.25, 0.3) is 0 Å². The van der Waals surface area contributed by atoms with Crippen molar-refractivity contribution in [3.63, 3.8) is 0 Å². The zero-order chi connectivity index (χ0) is 26.9. The van der Waals surface area contributed by atoms with Crippen molar-refractivity contribution in [2.24, 2.45) is 0 Å². The lowest BCUT2D eigenvalue weighted by Crippen LogP contribution is -2.48. The van der Waals surface area contributed by atoms with Crippen molar-refractivity contribution >= 4 is 5.97 Å². The van der Waals surface area contributed by atoms with Gasteiger partial charge in [0.15, 0.2) is 0 Å². The molecule has 0 aromatic heterocycles. The van der Waals surface area contributed by atoms with Crippen molar-refractivity contribution in [1.29, 1.82) is 0 Å². The number of carbonyl (C=O) groups is 1. The van der Waals surface area contributed by atoms with E-state index in [2.05, 4.69) is 6.92 Å². The summed E-state index contributed by atoms with van der Waals surface area (Å²) in [7, 11) is 0. The van der Waals surface area contributed by atoms with Crippen LogP contribution in [0.3, 0.4) is 0 Å². The SMILES string of the molecule is CCCCCCCCCCCCCCCCCCCCC(OCCOCC)(Oc1ccccc1)C(=O)O. The lowest BCUT2D eigenvalue weighted by Gasteiger charge is -2.30. The van der Waals surface area contributed by atoms with Crippen LogP contribution in [-0.2, 0) is 14.3 Å². The van der Waals surface area contributed by atoms with Crippen LogP contribution in [-0.4, -0.2) is 36.7 Å². The zero-order valence-electron chi connectivity index (χ0n) is 24.0. The molecule has 5 heteroatoms. The average molecular weight is 521 g/mol. The molecule has 1 N–H and O–H groups in total. The first-order valence-electron chi connectivity index (χ1n) is 15.3. The van der Waals surface area contributed by atoms with Crippen LogP contribution in [0, 0.1) is 0 Å². The van der Waals surface area contributed by atoms with Crippen molar-refractivity contribution in [3.05, 3.63) is 30.3 Å². The number of unbranched alkanes of at least 4 members (excludes halogenated alkanes) is 17. The van der Waals surface area contributed by atoms with Crippen LogP contribution in [0.2, 0.25) is 0 Å². The maximum absolute atomic E-state index is 12.2. The van der Waals surface area contributed by atoms with Gasteiger partial charge in [-0.15, -0.1) is 0 Å². The molecule has 0 aliphatic heterocycles. The molecule has 1 atom stereocenters. The second-order valence-corrected chi connectivity index (χ2v) is 10.3. The minimum atomic E-state index is -1.67. The number of ether oxygens (including phenoxy) is 3. The highest BCUT2D eigenvalue weighted by Gasteiger charge is 2.42. The Morgan fingerprint density at radius 1 is 0.676 bits per heavy atom. The van der Waals surface area contributed by atoms with E-state index in [4.69, 9.17) is 14.2 Å². The van der Waals surface area contributed by atoms with E-state index in [9.17, 15) is 9.90 Å². The molecule has 1 aromatic rings. The van der Waals surface area contributed by atoms with E-state index >= 15 is 0 Å². The van der Waals surface area contributed by atoms with Gasteiger partial charge in [0, 0.05) is 13.0 Å². The van der Waals surface area contributed by atoms with Crippen molar-refractivity contribution in [2.75, 3.05) is 19.8 Å². The topological polar surface area (TPSA) is 65.0 Å². The number of hydrogen-bond donors (Lipinski definition) is 1. The summed E-state index contributed by atoms with van der Waals surface area (Å²) in [5.41, 5.74) is 0. The largest absolute Gasteiger partial charge is 0.476 e. The van der Waals surface area contributed by atoms with Gasteiger partial charge in [-0.05, 0) is 25.5 Å². The van der Waals surface area contributed by atoms with Gasteiger partial charge >= 0.3 is 11.8 Å². The maximum Gasteiger partial charge on any atom is 0.377 e. The van der Waals surface area contributed by atoms with Gasteiger partial charge in [0.05, 0.1) is 13.2 Å². The highest BCUT2D eigenvalue weighted by atomic mass is 16.7. The summed E-state index contributed by atoms with van der Waals surface area (Å²) in [5.74, 6) is -2.25. The molecule has 37 heavy (non-hydrogen) atoms. The van der Waals surface area contributed by atoms with Crippen molar-refractivity contribution in [3.8, 4) is 5.75 Å². The normalized spacial score (nSPS) is 12.9. The Balaban J connectivity index is 2.14. The summed E-state index contributed by atoms with van der Waals surface area (Å²) in [4.78, 5) is 12.2. The summed E-state index contributed by atoms with van der Waals surface area (Å²) >= 11 is 0. The number of hydrogen-bond acceptors (Lipinski definition) is 4. The van der Waals surface area contributed by atoms with E-state index in [0.29, 0.717) is 25.4 Å². The molecule has 0 heterocycles. The second kappa shape index (κ2) is 23.5. The first kappa shape index (κ1) is 33.4. The first-order valence-corrected chi connectivity index (χ1v) is 15.3. The van der Waals surface area contributed by atoms with Gasteiger partial charge in [0.1, 0.15) is 5.75 Å². The predicted octanol–water partition coefficient (Wildman–Crippen LogP) is 9.33. The van der Waals surface area contributed by atoms with Crippen LogP contribution in [0.5, 0.6) is 5.75 Å². The number of carboxylic acid groups (broad SMARTS) is 1. The Hall–Kier alpha value is -1.59. The molecule has 0 radical (unpaired) electrons. The maximum atomic E-state index is 12.2. The van der Waals surface area contributed by atoms with Gasteiger partial charge in [-0.2, -0.15) is 0 Å². The molecule has 0 amide bonds. The molecule has 0 aliphatic carbocycles. The molecular weight excluding hydrogens is 464 g/mol. The molecule has 0 aliphatic rings. The van der Waals surface area contributed by atoms with Crippen LogP contribution in [0.4, 0.5) is 0 Å². The van der Waals surface area contributed by atoms with Gasteiger partial charge in [-0.3, -0.25) is 0 Å². The summed E-state index contributed by atoms with van der Waals surface area (Å²) < 4.78 is 17.0. The summed E-state index contributed by atoms with van der Waals surface area (Å²) in [6.07, 6.45) is 23.8. The molecule has 5 nitrogen and oxygen atoms in total. The lowest BCUT2D eigenvalue weighted by molar-refractivity contribution is -0.218. The van der Waals surface area contributed by atoms with Crippen molar-refractivity contribution in [1.82, 2.24) is 0 Å². The number of carboxylic acids is 1. The first-order chi connectivity index (χ1) is 18.1. The minimum Gasteiger partial charge on any atom is -0.476 e. The van der Waals surface area contributed by atoms with E-state index < -0.39 is 11.8 Å². The third-order valence-corrected chi connectivity index (χ3v) is 6.98. The van der Waals surface area contributed by atoms with Crippen LogP contribution in [0.1, 0.15) is 136 Å². The predicted molar refractivity (Wildman–Crippen MR) is 153 cm³/mol. The molecule has 0 saturated heterocycles. The van der Waals surface area contributed by atoms with Gasteiger partial charge in [-0.25, -0.2) is 4.79 Å². The number of benzene rings is 1. The Bertz CT molecular complexity index is 635. The Morgan fingerprint density at radius 3 is 1.57 bits per heavy atom.